The van der Waals surface area contributed by atoms with Crippen molar-refractivity contribution in [2.45, 2.75) is 6.54 Å². The Morgan fingerprint density at radius 3 is 2.60 bits per heavy atom. The summed E-state index contributed by atoms with van der Waals surface area (Å²) in [6.45, 7) is 6.23. The summed E-state index contributed by atoms with van der Waals surface area (Å²) in [5, 5.41) is 7.85. The summed E-state index contributed by atoms with van der Waals surface area (Å²) in [5.41, 5.74) is 1.16. The van der Waals surface area contributed by atoms with Crippen LogP contribution in [0.15, 0.2) is 24.3 Å². The number of rotatable bonds is 5. The molecule has 20 heavy (non-hydrogen) atoms. The Bertz CT molecular complexity index is 421. The van der Waals surface area contributed by atoms with Crippen molar-refractivity contribution in [2.75, 3.05) is 39.4 Å². The van der Waals surface area contributed by atoms with Gasteiger partial charge in [0.15, 0.2) is 5.11 Å². The second kappa shape index (κ2) is 8.42. The molecule has 1 aromatic carbocycles. The van der Waals surface area contributed by atoms with Crippen molar-refractivity contribution in [1.29, 1.82) is 0 Å². The Balaban J connectivity index is 1.59. The molecule has 2 rings (SSSR count). The Morgan fingerprint density at radius 1 is 1.20 bits per heavy atom. The van der Waals surface area contributed by atoms with E-state index in [1.165, 1.54) is 0 Å². The van der Waals surface area contributed by atoms with Crippen LogP contribution in [-0.2, 0) is 11.3 Å². The summed E-state index contributed by atoms with van der Waals surface area (Å²) in [4.78, 5) is 2.37. The SMILES string of the molecule is S=C(NCCN1CCOCC1)NCc1ccc(Cl)cc1. The maximum atomic E-state index is 5.84. The van der Waals surface area contributed by atoms with E-state index in [0.717, 1.165) is 50.0 Å². The standard InChI is InChI=1S/C14H20ClN3OS/c15-13-3-1-12(2-4-13)11-17-14(20)16-5-6-18-7-9-19-10-8-18/h1-4H,5-11H2,(H2,16,17,20). The van der Waals surface area contributed by atoms with Crippen LogP contribution in [0.5, 0.6) is 0 Å². The van der Waals surface area contributed by atoms with E-state index in [4.69, 9.17) is 28.6 Å². The van der Waals surface area contributed by atoms with Gasteiger partial charge in [0.1, 0.15) is 0 Å². The molecule has 1 aliphatic rings. The van der Waals surface area contributed by atoms with Gasteiger partial charge in [-0.25, -0.2) is 0 Å². The van der Waals surface area contributed by atoms with Crippen molar-refractivity contribution in [3.63, 3.8) is 0 Å². The van der Waals surface area contributed by atoms with Gasteiger partial charge in [-0.15, -0.1) is 0 Å². The number of thiocarbonyl (C=S) groups is 1. The zero-order valence-corrected chi connectivity index (χ0v) is 13.0. The molecule has 1 saturated heterocycles. The lowest BCUT2D eigenvalue weighted by molar-refractivity contribution is 0.0389. The highest BCUT2D eigenvalue weighted by Gasteiger charge is 2.09. The first-order valence-electron chi connectivity index (χ1n) is 6.80. The largest absolute Gasteiger partial charge is 0.379 e. The van der Waals surface area contributed by atoms with Gasteiger partial charge in [0.25, 0.3) is 0 Å². The van der Waals surface area contributed by atoms with Gasteiger partial charge in [0, 0.05) is 37.7 Å². The molecular weight excluding hydrogens is 294 g/mol. The molecule has 1 aromatic rings. The molecule has 1 heterocycles. The first-order valence-corrected chi connectivity index (χ1v) is 7.59. The molecule has 0 spiro atoms. The van der Waals surface area contributed by atoms with Crippen LogP contribution in [0.25, 0.3) is 0 Å². The van der Waals surface area contributed by atoms with E-state index in [9.17, 15) is 0 Å². The quantitative estimate of drug-likeness (QED) is 0.808. The monoisotopic (exact) mass is 313 g/mol. The van der Waals surface area contributed by atoms with Gasteiger partial charge in [-0.1, -0.05) is 23.7 Å². The molecule has 0 radical (unpaired) electrons. The number of ether oxygens (including phenoxy) is 1. The average molecular weight is 314 g/mol. The minimum atomic E-state index is 0.688. The van der Waals surface area contributed by atoms with Crippen molar-refractivity contribution in [3.05, 3.63) is 34.9 Å². The molecule has 6 heteroatoms. The number of hydrogen-bond donors (Lipinski definition) is 2. The summed E-state index contributed by atoms with van der Waals surface area (Å²) in [6.07, 6.45) is 0. The van der Waals surface area contributed by atoms with Crippen molar-refractivity contribution in [2.24, 2.45) is 0 Å². The van der Waals surface area contributed by atoms with Gasteiger partial charge in [-0.05, 0) is 29.9 Å². The fraction of sp³-hybridized carbons (Fsp3) is 0.500. The molecule has 4 nitrogen and oxygen atoms in total. The minimum Gasteiger partial charge on any atom is -0.379 e. The van der Waals surface area contributed by atoms with Gasteiger partial charge >= 0.3 is 0 Å². The molecule has 0 aliphatic carbocycles. The van der Waals surface area contributed by atoms with Crippen LogP contribution in [-0.4, -0.2) is 49.4 Å². The zero-order valence-electron chi connectivity index (χ0n) is 11.4. The normalized spacial score (nSPS) is 15.8. The van der Waals surface area contributed by atoms with Gasteiger partial charge in [0.05, 0.1) is 13.2 Å². The summed E-state index contributed by atoms with van der Waals surface area (Å²) in [6, 6.07) is 7.75. The van der Waals surface area contributed by atoms with Crippen LogP contribution in [0.4, 0.5) is 0 Å². The Morgan fingerprint density at radius 2 is 1.90 bits per heavy atom. The van der Waals surface area contributed by atoms with Crippen molar-refractivity contribution in [3.8, 4) is 0 Å². The first-order chi connectivity index (χ1) is 9.74. The third-order valence-electron chi connectivity index (χ3n) is 3.18. The van der Waals surface area contributed by atoms with Gasteiger partial charge < -0.3 is 15.4 Å². The van der Waals surface area contributed by atoms with E-state index < -0.39 is 0 Å². The van der Waals surface area contributed by atoms with Crippen LogP contribution < -0.4 is 10.6 Å². The third kappa shape index (κ3) is 5.63. The van der Waals surface area contributed by atoms with Crippen molar-refractivity contribution in [1.82, 2.24) is 15.5 Å². The van der Waals surface area contributed by atoms with Crippen LogP contribution in [0, 0.1) is 0 Å². The highest BCUT2D eigenvalue weighted by molar-refractivity contribution is 7.80. The van der Waals surface area contributed by atoms with E-state index in [1.54, 1.807) is 0 Å². The molecule has 0 bridgehead atoms. The fourth-order valence-corrected chi connectivity index (χ4v) is 2.30. The van der Waals surface area contributed by atoms with E-state index in [0.29, 0.717) is 11.7 Å². The van der Waals surface area contributed by atoms with Gasteiger partial charge in [-0.3, -0.25) is 4.90 Å². The molecule has 110 valence electrons. The fourth-order valence-electron chi connectivity index (χ4n) is 2.00. The predicted octanol–water partition coefficient (Wildman–Crippen LogP) is 1.64. The molecular formula is C14H20ClN3OS. The van der Waals surface area contributed by atoms with Crippen molar-refractivity contribution < 1.29 is 4.74 Å². The summed E-state index contributed by atoms with van der Waals surface area (Å²) in [7, 11) is 0. The van der Waals surface area contributed by atoms with E-state index in [-0.39, 0.29) is 0 Å². The molecule has 0 unspecified atom stereocenters. The molecule has 0 amide bonds. The molecule has 0 atom stereocenters. The number of morpholine rings is 1. The van der Waals surface area contributed by atoms with E-state index >= 15 is 0 Å². The van der Waals surface area contributed by atoms with Gasteiger partial charge in [-0.2, -0.15) is 0 Å². The predicted molar refractivity (Wildman–Crippen MR) is 86.2 cm³/mol. The van der Waals surface area contributed by atoms with Crippen LogP contribution in [0.1, 0.15) is 5.56 Å². The molecule has 0 aromatic heterocycles. The summed E-state index contributed by atoms with van der Waals surface area (Å²) < 4.78 is 5.31. The smallest absolute Gasteiger partial charge is 0.166 e. The lowest BCUT2D eigenvalue weighted by atomic mass is 10.2. The van der Waals surface area contributed by atoms with Crippen LogP contribution in [0.3, 0.4) is 0 Å². The number of nitrogens with one attached hydrogen (secondary N) is 2. The summed E-state index contributed by atoms with van der Waals surface area (Å²) in [5.74, 6) is 0. The van der Waals surface area contributed by atoms with E-state index in [2.05, 4.69) is 15.5 Å². The minimum absolute atomic E-state index is 0.688. The number of nitrogens with zero attached hydrogens (tertiary/aromatic N) is 1. The number of hydrogen-bond acceptors (Lipinski definition) is 3. The highest BCUT2D eigenvalue weighted by Crippen LogP contribution is 2.08. The third-order valence-corrected chi connectivity index (χ3v) is 3.72. The summed E-state index contributed by atoms with van der Waals surface area (Å²) >= 11 is 11.1. The number of benzene rings is 1. The Kier molecular flexibility index (Phi) is 6.53. The molecule has 1 aliphatic heterocycles. The van der Waals surface area contributed by atoms with Crippen LogP contribution in [0.2, 0.25) is 5.02 Å². The number of halogens is 1. The Labute approximate surface area is 130 Å². The highest BCUT2D eigenvalue weighted by atomic mass is 35.5. The maximum Gasteiger partial charge on any atom is 0.166 e. The second-order valence-electron chi connectivity index (χ2n) is 4.69. The first kappa shape index (κ1) is 15.5. The molecule has 1 fully saturated rings. The maximum absolute atomic E-state index is 5.84. The lowest BCUT2D eigenvalue weighted by Gasteiger charge is -2.26. The second-order valence-corrected chi connectivity index (χ2v) is 5.53. The Hall–Kier alpha value is -0.880. The molecule has 2 N–H and O–H groups in total. The lowest BCUT2D eigenvalue weighted by Crippen LogP contribution is -2.43. The average Bonchev–Trinajstić information content (AvgIpc) is 2.48. The molecule has 0 saturated carbocycles. The zero-order chi connectivity index (χ0) is 14.2. The van der Waals surface area contributed by atoms with E-state index in [1.807, 2.05) is 24.3 Å². The topological polar surface area (TPSA) is 36.5 Å². The van der Waals surface area contributed by atoms with Crippen LogP contribution >= 0.6 is 23.8 Å². The van der Waals surface area contributed by atoms with Gasteiger partial charge in [0.2, 0.25) is 0 Å². The van der Waals surface area contributed by atoms with Crippen molar-refractivity contribution >= 4 is 28.9 Å².